The van der Waals surface area contributed by atoms with Crippen molar-refractivity contribution in [3.63, 3.8) is 0 Å². The van der Waals surface area contributed by atoms with E-state index in [0.29, 0.717) is 47.0 Å². The standard InChI is InChI=1S/C18H19ClFN7O/c1-28-14-4-15-22-8-13(27(15)26-16(14)9-2-3-9)17-10(19)5-23-18(25-17)24-12-7-21-6-11(12)20/h4-5,8-9,11-12,21H,2-3,6-7H2,1H3,(H,23,24,25)/t11-,12-/m0/s1. The van der Waals surface area contributed by atoms with Crippen LogP contribution in [0.25, 0.3) is 17.0 Å². The Morgan fingerprint density at radius 2 is 2.14 bits per heavy atom. The first-order valence-corrected chi connectivity index (χ1v) is 9.58. The van der Waals surface area contributed by atoms with Gasteiger partial charge in [0, 0.05) is 25.1 Å². The van der Waals surface area contributed by atoms with Gasteiger partial charge < -0.3 is 15.4 Å². The van der Waals surface area contributed by atoms with Gasteiger partial charge in [-0.2, -0.15) is 5.10 Å². The number of hydrogen-bond acceptors (Lipinski definition) is 7. The van der Waals surface area contributed by atoms with E-state index in [2.05, 4.69) is 25.6 Å². The van der Waals surface area contributed by atoms with Crippen molar-refractivity contribution in [3.05, 3.63) is 29.2 Å². The summed E-state index contributed by atoms with van der Waals surface area (Å²) in [4.78, 5) is 13.1. The lowest BCUT2D eigenvalue weighted by molar-refractivity contribution is 0.342. The van der Waals surface area contributed by atoms with Crippen LogP contribution in [0, 0.1) is 0 Å². The first kappa shape index (κ1) is 17.6. The number of nitrogens with zero attached hydrogens (tertiary/aromatic N) is 5. The summed E-state index contributed by atoms with van der Waals surface area (Å²) in [6, 6.07) is 1.50. The van der Waals surface area contributed by atoms with Gasteiger partial charge >= 0.3 is 0 Å². The number of aromatic nitrogens is 5. The fourth-order valence-corrected chi connectivity index (χ4v) is 3.63. The Labute approximate surface area is 165 Å². The molecule has 2 aliphatic rings. The fraction of sp³-hybridized carbons (Fsp3) is 0.444. The average molecular weight is 404 g/mol. The van der Waals surface area contributed by atoms with Crippen molar-refractivity contribution in [1.82, 2.24) is 29.9 Å². The maximum absolute atomic E-state index is 13.9. The van der Waals surface area contributed by atoms with Gasteiger partial charge in [-0.05, 0) is 12.8 Å². The molecule has 0 unspecified atom stereocenters. The summed E-state index contributed by atoms with van der Waals surface area (Å²) >= 11 is 6.37. The molecule has 1 saturated heterocycles. The van der Waals surface area contributed by atoms with E-state index >= 15 is 0 Å². The van der Waals surface area contributed by atoms with E-state index in [1.807, 2.05) is 6.07 Å². The molecule has 0 amide bonds. The molecule has 0 spiro atoms. The van der Waals surface area contributed by atoms with Crippen molar-refractivity contribution < 1.29 is 9.13 Å². The van der Waals surface area contributed by atoms with Crippen molar-refractivity contribution in [2.24, 2.45) is 0 Å². The summed E-state index contributed by atoms with van der Waals surface area (Å²) in [5.41, 5.74) is 2.70. The van der Waals surface area contributed by atoms with Crippen LogP contribution >= 0.6 is 11.6 Å². The molecule has 28 heavy (non-hydrogen) atoms. The van der Waals surface area contributed by atoms with Gasteiger partial charge in [-0.1, -0.05) is 11.6 Å². The lowest BCUT2D eigenvalue weighted by atomic mass is 10.2. The van der Waals surface area contributed by atoms with Gasteiger partial charge in [0.05, 0.1) is 30.6 Å². The Morgan fingerprint density at radius 1 is 1.29 bits per heavy atom. The van der Waals surface area contributed by atoms with Crippen LogP contribution in [0.3, 0.4) is 0 Å². The van der Waals surface area contributed by atoms with E-state index in [-0.39, 0.29) is 6.04 Å². The molecule has 0 bridgehead atoms. The number of anilines is 1. The van der Waals surface area contributed by atoms with Crippen LogP contribution in [0.2, 0.25) is 5.02 Å². The zero-order valence-electron chi connectivity index (χ0n) is 15.2. The SMILES string of the molecule is COc1cc2ncc(-c3nc(N[C@H]4CNC[C@@H]4F)ncc3Cl)n2nc1C1CC1. The third-order valence-electron chi connectivity index (χ3n) is 5.11. The van der Waals surface area contributed by atoms with E-state index in [9.17, 15) is 4.39 Å². The molecule has 5 rings (SSSR count). The molecule has 4 heterocycles. The topological polar surface area (TPSA) is 89.3 Å². The number of methoxy groups -OCH3 is 1. The van der Waals surface area contributed by atoms with E-state index in [4.69, 9.17) is 21.4 Å². The first-order valence-electron chi connectivity index (χ1n) is 9.21. The number of imidazole rings is 1. The number of fused-ring (bicyclic) bond motifs is 1. The Kier molecular flexibility index (Phi) is 4.28. The predicted octanol–water partition coefficient (Wildman–Crippen LogP) is 2.45. The number of hydrogen-bond donors (Lipinski definition) is 2. The molecule has 2 N–H and O–H groups in total. The highest BCUT2D eigenvalue weighted by Crippen LogP contribution is 2.43. The molecule has 10 heteroatoms. The highest BCUT2D eigenvalue weighted by atomic mass is 35.5. The van der Waals surface area contributed by atoms with Crippen LogP contribution in [-0.4, -0.2) is 57.0 Å². The van der Waals surface area contributed by atoms with Crippen LogP contribution in [0.15, 0.2) is 18.5 Å². The van der Waals surface area contributed by atoms with Gasteiger partial charge in [-0.3, -0.25) is 0 Å². The minimum Gasteiger partial charge on any atom is -0.495 e. The van der Waals surface area contributed by atoms with Gasteiger partial charge in [0.15, 0.2) is 5.65 Å². The third kappa shape index (κ3) is 3.04. The molecule has 0 radical (unpaired) electrons. The van der Waals surface area contributed by atoms with Crippen molar-refractivity contribution >= 4 is 23.2 Å². The zero-order valence-corrected chi connectivity index (χ0v) is 15.9. The van der Waals surface area contributed by atoms with E-state index in [0.717, 1.165) is 24.3 Å². The second-order valence-electron chi connectivity index (χ2n) is 7.10. The summed E-state index contributed by atoms with van der Waals surface area (Å²) in [6.45, 7) is 0.839. The van der Waals surface area contributed by atoms with Gasteiger partial charge in [-0.15, -0.1) is 0 Å². The molecule has 1 aliphatic carbocycles. The highest BCUT2D eigenvalue weighted by Gasteiger charge is 2.30. The van der Waals surface area contributed by atoms with Gasteiger partial charge in [-0.25, -0.2) is 23.9 Å². The van der Waals surface area contributed by atoms with Crippen LogP contribution in [-0.2, 0) is 0 Å². The van der Waals surface area contributed by atoms with Crippen LogP contribution < -0.4 is 15.4 Å². The van der Waals surface area contributed by atoms with Crippen molar-refractivity contribution in [3.8, 4) is 17.1 Å². The summed E-state index contributed by atoms with van der Waals surface area (Å²) < 4.78 is 21.1. The Hall–Kier alpha value is -2.52. The molecule has 1 aliphatic heterocycles. The normalized spacial score (nSPS) is 22.0. The maximum atomic E-state index is 13.9. The van der Waals surface area contributed by atoms with E-state index < -0.39 is 6.17 Å². The van der Waals surface area contributed by atoms with Crippen LogP contribution in [0.1, 0.15) is 24.5 Å². The maximum Gasteiger partial charge on any atom is 0.223 e. The first-order chi connectivity index (χ1) is 13.6. The summed E-state index contributed by atoms with van der Waals surface area (Å²) in [5.74, 6) is 1.47. The largest absolute Gasteiger partial charge is 0.495 e. The Balaban J connectivity index is 1.55. The van der Waals surface area contributed by atoms with Crippen LogP contribution in [0.4, 0.5) is 10.3 Å². The smallest absolute Gasteiger partial charge is 0.223 e. The number of ether oxygens (including phenoxy) is 1. The number of rotatable bonds is 5. The summed E-state index contributed by atoms with van der Waals surface area (Å²) in [6.07, 6.45) is 4.38. The quantitative estimate of drug-likeness (QED) is 0.676. The number of alkyl halides is 1. The molecule has 0 aromatic carbocycles. The molecule has 2 atom stereocenters. The Bertz CT molecular complexity index is 1040. The van der Waals surface area contributed by atoms with Crippen molar-refractivity contribution in [2.75, 3.05) is 25.5 Å². The van der Waals surface area contributed by atoms with Gasteiger partial charge in [0.25, 0.3) is 0 Å². The van der Waals surface area contributed by atoms with Crippen molar-refractivity contribution in [1.29, 1.82) is 0 Å². The monoisotopic (exact) mass is 403 g/mol. The number of halogens is 2. The second kappa shape index (κ2) is 6.82. The predicted molar refractivity (Wildman–Crippen MR) is 103 cm³/mol. The zero-order chi connectivity index (χ0) is 19.3. The lowest BCUT2D eigenvalue weighted by Crippen LogP contribution is -2.30. The second-order valence-corrected chi connectivity index (χ2v) is 7.51. The molecule has 3 aromatic heterocycles. The van der Waals surface area contributed by atoms with Crippen molar-refractivity contribution in [2.45, 2.75) is 31.0 Å². The summed E-state index contributed by atoms with van der Waals surface area (Å²) in [5, 5.41) is 11.2. The van der Waals surface area contributed by atoms with Gasteiger partial charge in [0.2, 0.25) is 5.95 Å². The fourth-order valence-electron chi connectivity index (χ4n) is 3.45. The molecule has 3 aromatic rings. The Morgan fingerprint density at radius 3 is 2.86 bits per heavy atom. The molecular formula is C18H19ClFN7O. The minimum absolute atomic E-state index is 0.321. The lowest BCUT2D eigenvalue weighted by Gasteiger charge is -2.14. The molecule has 2 fully saturated rings. The minimum atomic E-state index is -0.992. The summed E-state index contributed by atoms with van der Waals surface area (Å²) in [7, 11) is 1.64. The average Bonchev–Trinajstić information content (AvgIpc) is 3.35. The van der Waals surface area contributed by atoms with E-state index in [1.165, 1.54) is 6.20 Å². The molecule has 8 nitrogen and oxygen atoms in total. The highest BCUT2D eigenvalue weighted by molar-refractivity contribution is 6.32. The van der Waals surface area contributed by atoms with Gasteiger partial charge in [0.1, 0.15) is 29.0 Å². The van der Waals surface area contributed by atoms with E-state index in [1.54, 1.807) is 17.8 Å². The molecular weight excluding hydrogens is 385 g/mol. The molecule has 1 saturated carbocycles. The number of nitrogens with one attached hydrogen (secondary N) is 2. The molecule has 146 valence electrons. The van der Waals surface area contributed by atoms with Crippen LogP contribution in [0.5, 0.6) is 5.75 Å². The third-order valence-corrected chi connectivity index (χ3v) is 5.39.